The number of nitrogens with zero attached hydrogens (tertiary/aromatic N) is 3. The highest BCUT2D eigenvalue weighted by Crippen LogP contribution is 2.10. The second-order valence-corrected chi connectivity index (χ2v) is 4.75. The van der Waals surface area contributed by atoms with Crippen LogP contribution in [0.25, 0.3) is 0 Å². The molecule has 0 aliphatic heterocycles. The maximum atomic E-state index is 5.64. The third kappa shape index (κ3) is 5.08. The average molecular weight is 303 g/mol. The zero-order valence-corrected chi connectivity index (χ0v) is 13.1. The van der Waals surface area contributed by atoms with Crippen molar-refractivity contribution in [3.8, 4) is 5.75 Å². The lowest BCUT2D eigenvalue weighted by Crippen LogP contribution is -2.38. The van der Waals surface area contributed by atoms with Gasteiger partial charge in [-0.2, -0.15) is 4.98 Å². The van der Waals surface area contributed by atoms with E-state index < -0.39 is 0 Å². The van der Waals surface area contributed by atoms with Crippen LogP contribution < -0.4 is 15.4 Å². The third-order valence-electron chi connectivity index (χ3n) is 2.88. The van der Waals surface area contributed by atoms with Crippen molar-refractivity contribution in [2.24, 2.45) is 4.99 Å². The van der Waals surface area contributed by atoms with Gasteiger partial charge in [0.05, 0.1) is 13.1 Å². The molecular weight excluding hydrogens is 282 g/mol. The van der Waals surface area contributed by atoms with E-state index in [4.69, 9.17) is 9.26 Å². The molecule has 0 amide bonds. The molecule has 0 atom stereocenters. The molecule has 0 spiro atoms. The molecule has 0 aliphatic rings. The van der Waals surface area contributed by atoms with Crippen molar-refractivity contribution in [1.29, 1.82) is 0 Å². The second-order valence-electron chi connectivity index (χ2n) is 4.75. The first-order chi connectivity index (χ1) is 10.7. The number of aliphatic imine (C=N–C) groups is 1. The summed E-state index contributed by atoms with van der Waals surface area (Å²) in [4.78, 5) is 8.23. The molecule has 118 valence electrons. The highest BCUT2D eigenvalue weighted by molar-refractivity contribution is 5.79. The smallest absolute Gasteiger partial charge is 0.246 e. The van der Waals surface area contributed by atoms with Crippen molar-refractivity contribution in [1.82, 2.24) is 20.8 Å². The van der Waals surface area contributed by atoms with Crippen molar-refractivity contribution in [2.45, 2.75) is 20.4 Å². The van der Waals surface area contributed by atoms with E-state index in [1.54, 1.807) is 14.0 Å². The number of rotatable bonds is 6. The summed E-state index contributed by atoms with van der Waals surface area (Å²) < 4.78 is 10.7. The molecule has 1 aromatic carbocycles. The number of benzene rings is 1. The lowest BCUT2D eigenvalue weighted by atomic mass is 10.2. The zero-order valence-electron chi connectivity index (χ0n) is 13.1. The van der Waals surface area contributed by atoms with E-state index in [0.717, 1.165) is 5.75 Å². The molecule has 1 aromatic heterocycles. The zero-order chi connectivity index (χ0) is 15.8. The van der Waals surface area contributed by atoms with Crippen LogP contribution in [0.2, 0.25) is 0 Å². The summed E-state index contributed by atoms with van der Waals surface area (Å²) in [5, 5.41) is 9.97. The summed E-state index contributed by atoms with van der Waals surface area (Å²) in [5.74, 6) is 2.66. The molecule has 0 radical (unpaired) electrons. The molecule has 0 fully saturated rings. The molecule has 0 aliphatic carbocycles. The summed E-state index contributed by atoms with van der Waals surface area (Å²) in [5.41, 5.74) is 1.21. The Kier molecular flexibility index (Phi) is 5.76. The van der Waals surface area contributed by atoms with Crippen LogP contribution in [0.1, 0.15) is 17.3 Å². The molecule has 1 heterocycles. The third-order valence-corrected chi connectivity index (χ3v) is 2.88. The van der Waals surface area contributed by atoms with E-state index in [-0.39, 0.29) is 0 Å². The highest BCUT2D eigenvalue weighted by atomic mass is 16.5. The van der Waals surface area contributed by atoms with Crippen LogP contribution in [0, 0.1) is 13.8 Å². The van der Waals surface area contributed by atoms with Gasteiger partial charge in [0.25, 0.3) is 0 Å². The van der Waals surface area contributed by atoms with Crippen LogP contribution in [-0.4, -0.2) is 36.3 Å². The Hall–Kier alpha value is -2.57. The topological polar surface area (TPSA) is 84.6 Å². The Morgan fingerprint density at radius 2 is 2.00 bits per heavy atom. The summed E-state index contributed by atoms with van der Waals surface area (Å²) in [6.07, 6.45) is 0. The molecule has 7 nitrogen and oxygen atoms in total. The summed E-state index contributed by atoms with van der Waals surface area (Å²) in [7, 11) is 1.70. The lowest BCUT2D eigenvalue weighted by molar-refractivity contribution is 0.321. The Morgan fingerprint density at radius 3 is 2.64 bits per heavy atom. The predicted octanol–water partition coefficient (Wildman–Crippen LogP) is 1.43. The van der Waals surface area contributed by atoms with Gasteiger partial charge in [-0.15, -0.1) is 0 Å². The standard InChI is InChI=1S/C15H21N5O2/c1-11-4-6-13(7-5-11)21-9-8-17-15(16-3)18-10-14-19-12(2)20-22-14/h4-7H,8-10H2,1-3H3,(H2,16,17,18). The fraction of sp³-hybridized carbons (Fsp3) is 0.400. The molecule has 2 N–H and O–H groups in total. The van der Waals surface area contributed by atoms with Gasteiger partial charge in [0.2, 0.25) is 5.89 Å². The van der Waals surface area contributed by atoms with Crippen LogP contribution in [0.5, 0.6) is 5.75 Å². The maximum absolute atomic E-state index is 5.64. The molecule has 0 unspecified atom stereocenters. The van der Waals surface area contributed by atoms with Gasteiger partial charge in [0.1, 0.15) is 12.4 Å². The van der Waals surface area contributed by atoms with Gasteiger partial charge in [-0.05, 0) is 26.0 Å². The van der Waals surface area contributed by atoms with E-state index in [0.29, 0.717) is 37.4 Å². The molecule has 0 saturated carbocycles. The summed E-state index contributed by atoms with van der Waals surface area (Å²) in [6.45, 7) is 5.44. The molecule has 2 rings (SSSR count). The second kappa shape index (κ2) is 8.02. The largest absolute Gasteiger partial charge is 0.492 e. The molecule has 22 heavy (non-hydrogen) atoms. The van der Waals surface area contributed by atoms with Gasteiger partial charge in [0, 0.05) is 7.05 Å². The van der Waals surface area contributed by atoms with Crippen molar-refractivity contribution >= 4 is 5.96 Å². The minimum Gasteiger partial charge on any atom is -0.492 e. The first kappa shape index (κ1) is 15.8. The summed E-state index contributed by atoms with van der Waals surface area (Å²) in [6, 6.07) is 7.96. The number of guanidine groups is 1. The van der Waals surface area contributed by atoms with E-state index in [2.05, 4.69) is 25.8 Å². The van der Waals surface area contributed by atoms with Crippen molar-refractivity contribution in [3.63, 3.8) is 0 Å². The Labute approximate surface area is 129 Å². The first-order valence-electron chi connectivity index (χ1n) is 7.10. The van der Waals surface area contributed by atoms with Gasteiger partial charge in [-0.25, -0.2) is 0 Å². The predicted molar refractivity (Wildman–Crippen MR) is 83.9 cm³/mol. The molecular formula is C15H21N5O2. The average Bonchev–Trinajstić information content (AvgIpc) is 2.94. The minimum absolute atomic E-state index is 0.430. The number of aromatic nitrogens is 2. The molecule has 0 bridgehead atoms. The van der Waals surface area contributed by atoms with Crippen molar-refractivity contribution < 1.29 is 9.26 Å². The number of aryl methyl sites for hydroxylation is 2. The van der Waals surface area contributed by atoms with Gasteiger partial charge >= 0.3 is 0 Å². The maximum Gasteiger partial charge on any atom is 0.246 e. The summed E-state index contributed by atoms with van der Waals surface area (Å²) >= 11 is 0. The number of ether oxygens (including phenoxy) is 1. The minimum atomic E-state index is 0.430. The van der Waals surface area contributed by atoms with Gasteiger partial charge in [0.15, 0.2) is 11.8 Å². The first-order valence-corrected chi connectivity index (χ1v) is 7.10. The Morgan fingerprint density at radius 1 is 1.23 bits per heavy atom. The number of nitrogens with one attached hydrogen (secondary N) is 2. The number of hydrogen-bond donors (Lipinski definition) is 2. The van der Waals surface area contributed by atoms with Crippen LogP contribution in [0.3, 0.4) is 0 Å². The monoisotopic (exact) mass is 303 g/mol. The van der Waals surface area contributed by atoms with E-state index in [9.17, 15) is 0 Å². The molecule has 0 saturated heterocycles. The normalized spacial score (nSPS) is 11.3. The van der Waals surface area contributed by atoms with Crippen molar-refractivity contribution in [2.75, 3.05) is 20.2 Å². The Balaban J connectivity index is 1.67. The SMILES string of the molecule is CN=C(NCCOc1ccc(C)cc1)NCc1nc(C)no1. The fourth-order valence-corrected chi connectivity index (χ4v) is 1.76. The fourth-order valence-electron chi connectivity index (χ4n) is 1.76. The lowest BCUT2D eigenvalue weighted by Gasteiger charge is -2.11. The molecule has 2 aromatic rings. The van der Waals surface area contributed by atoms with Crippen LogP contribution in [0.15, 0.2) is 33.8 Å². The van der Waals surface area contributed by atoms with Gasteiger partial charge < -0.3 is 19.9 Å². The Bertz CT molecular complexity index is 607. The van der Waals surface area contributed by atoms with Crippen LogP contribution in [0.4, 0.5) is 0 Å². The van der Waals surface area contributed by atoms with Crippen molar-refractivity contribution in [3.05, 3.63) is 41.5 Å². The van der Waals surface area contributed by atoms with E-state index >= 15 is 0 Å². The van der Waals surface area contributed by atoms with Gasteiger partial charge in [-0.1, -0.05) is 22.9 Å². The number of hydrogen-bond acceptors (Lipinski definition) is 5. The quantitative estimate of drug-likeness (QED) is 0.477. The van der Waals surface area contributed by atoms with E-state index in [1.807, 2.05) is 31.2 Å². The van der Waals surface area contributed by atoms with E-state index in [1.165, 1.54) is 5.56 Å². The van der Waals surface area contributed by atoms with Gasteiger partial charge in [-0.3, -0.25) is 4.99 Å². The highest BCUT2D eigenvalue weighted by Gasteiger charge is 2.04. The van der Waals surface area contributed by atoms with Crippen LogP contribution in [-0.2, 0) is 6.54 Å². The van der Waals surface area contributed by atoms with Crippen LogP contribution >= 0.6 is 0 Å². The molecule has 7 heteroatoms.